The van der Waals surface area contributed by atoms with Gasteiger partial charge in [-0.05, 0) is 25.7 Å². The summed E-state index contributed by atoms with van der Waals surface area (Å²) >= 11 is 0. The van der Waals surface area contributed by atoms with Crippen LogP contribution in [0.2, 0.25) is 0 Å². The predicted octanol–water partition coefficient (Wildman–Crippen LogP) is 1.31. The number of urea groups is 1. The zero-order valence-corrected chi connectivity index (χ0v) is 12.0. The van der Waals surface area contributed by atoms with E-state index >= 15 is 0 Å². The first-order valence-electron chi connectivity index (χ1n) is 7.37. The van der Waals surface area contributed by atoms with Crippen LogP contribution in [0.4, 0.5) is 4.79 Å². The minimum Gasteiger partial charge on any atom is -0.481 e. The van der Waals surface area contributed by atoms with Crippen molar-refractivity contribution in [2.24, 2.45) is 11.8 Å². The molecule has 1 saturated heterocycles. The van der Waals surface area contributed by atoms with Gasteiger partial charge in [0.1, 0.15) is 0 Å². The molecule has 1 aliphatic heterocycles. The Morgan fingerprint density at radius 1 is 1.35 bits per heavy atom. The third-order valence-corrected chi connectivity index (χ3v) is 4.33. The van der Waals surface area contributed by atoms with Crippen LogP contribution >= 0.6 is 0 Å². The Balaban J connectivity index is 1.78. The minimum atomic E-state index is -0.745. The molecule has 2 N–H and O–H groups in total. The van der Waals surface area contributed by atoms with Crippen LogP contribution in [-0.2, 0) is 9.53 Å². The third-order valence-electron chi connectivity index (χ3n) is 4.33. The van der Waals surface area contributed by atoms with Crippen molar-refractivity contribution < 1.29 is 19.4 Å². The van der Waals surface area contributed by atoms with E-state index in [9.17, 15) is 9.59 Å². The van der Waals surface area contributed by atoms with Crippen LogP contribution in [0, 0.1) is 11.8 Å². The van der Waals surface area contributed by atoms with Gasteiger partial charge in [0.15, 0.2) is 0 Å². The van der Waals surface area contributed by atoms with Crippen molar-refractivity contribution in [1.29, 1.82) is 0 Å². The largest absolute Gasteiger partial charge is 0.481 e. The molecule has 6 nitrogen and oxygen atoms in total. The highest BCUT2D eigenvalue weighted by atomic mass is 16.5. The fraction of sp³-hybridized carbons (Fsp3) is 0.857. The Labute approximate surface area is 119 Å². The second kappa shape index (κ2) is 6.92. The number of methoxy groups -OCH3 is 1. The van der Waals surface area contributed by atoms with E-state index in [1.54, 1.807) is 7.11 Å². The molecule has 0 aromatic rings. The van der Waals surface area contributed by atoms with E-state index in [1.165, 1.54) is 0 Å². The van der Waals surface area contributed by atoms with E-state index in [-0.39, 0.29) is 18.0 Å². The van der Waals surface area contributed by atoms with Crippen LogP contribution in [0.15, 0.2) is 0 Å². The Morgan fingerprint density at radius 3 is 2.85 bits per heavy atom. The van der Waals surface area contributed by atoms with Crippen molar-refractivity contribution in [1.82, 2.24) is 10.2 Å². The molecular formula is C14H24N2O4. The molecule has 0 aromatic carbocycles. The molecule has 0 aromatic heterocycles. The quantitative estimate of drug-likeness (QED) is 0.816. The van der Waals surface area contributed by atoms with Crippen molar-refractivity contribution in [2.45, 2.75) is 38.1 Å². The predicted molar refractivity (Wildman–Crippen MR) is 73.5 cm³/mol. The summed E-state index contributed by atoms with van der Waals surface area (Å²) in [5.41, 5.74) is 0. The molecule has 1 heterocycles. The highest BCUT2D eigenvalue weighted by molar-refractivity contribution is 5.75. The Hall–Kier alpha value is -1.30. The molecule has 0 bridgehead atoms. The van der Waals surface area contributed by atoms with Gasteiger partial charge in [-0.3, -0.25) is 4.79 Å². The molecule has 1 aliphatic carbocycles. The molecular weight excluding hydrogens is 260 g/mol. The normalized spacial score (nSPS) is 30.2. The van der Waals surface area contributed by atoms with E-state index in [1.807, 2.05) is 4.90 Å². The van der Waals surface area contributed by atoms with Crippen LogP contribution in [0.3, 0.4) is 0 Å². The van der Waals surface area contributed by atoms with Gasteiger partial charge in [-0.15, -0.1) is 0 Å². The SMILES string of the molecule is COCC1CCN(C(=O)NC2CCCC(C(=O)O)C2)C1. The number of hydrogen-bond donors (Lipinski definition) is 2. The smallest absolute Gasteiger partial charge is 0.317 e. The summed E-state index contributed by atoms with van der Waals surface area (Å²) in [5.74, 6) is -0.636. The second-order valence-electron chi connectivity index (χ2n) is 5.90. The van der Waals surface area contributed by atoms with Gasteiger partial charge in [-0.25, -0.2) is 4.79 Å². The molecule has 2 amide bonds. The number of carboxylic acids is 1. The minimum absolute atomic E-state index is 0.00109. The first-order chi connectivity index (χ1) is 9.60. The van der Waals surface area contributed by atoms with E-state index in [2.05, 4.69) is 5.32 Å². The van der Waals surface area contributed by atoms with E-state index in [4.69, 9.17) is 9.84 Å². The van der Waals surface area contributed by atoms with Gasteiger partial charge in [0.25, 0.3) is 0 Å². The van der Waals surface area contributed by atoms with Crippen LogP contribution < -0.4 is 5.32 Å². The summed E-state index contributed by atoms with van der Waals surface area (Å²) < 4.78 is 5.12. The number of carbonyl (C=O) groups excluding carboxylic acids is 1. The molecule has 1 saturated carbocycles. The number of nitrogens with zero attached hydrogens (tertiary/aromatic N) is 1. The van der Waals surface area contributed by atoms with E-state index < -0.39 is 5.97 Å². The Bertz CT molecular complexity index is 361. The number of likely N-dealkylation sites (tertiary alicyclic amines) is 1. The summed E-state index contributed by atoms with van der Waals surface area (Å²) in [6.45, 7) is 2.18. The average Bonchev–Trinajstić information content (AvgIpc) is 2.88. The van der Waals surface area contributed by atoms with Gasteiger partial charge < -0.3 is 20.1 Å². The Kier molecular flexibility index (Phi) is 5.23. The topological polar surface area (TPSA) is 78.9 Å². The lowest BCUT2D eigenvalue weighted by Crippen LogP contribution is -2.46. The number of amides is 2. The number of carboxylic acid groups (broad SMARTS) is 1. The van der Waals surface area contributed by atoms with Crippen molar-refractivity contribution in [3.8, 4) is 0 Å². The molecule has 6 heteroatoms. The number of nitrogens with one attached hydrogen (secondary N) is 1. The van der Waals surface area contributed by atoms with Crippen molar-refractivity contribution in [3.05, 3.63) is 0 Å². The lowest BCUT2D eigenvalue weighted by atomic mass is 9.86. The van der Waals surface area contributed by atoms with Crippen molar-refractivity contribution in [3.63, 3.8) is 0 Å². The van der Waals surface area contributed by atoms with Gasteiger partial charge in [0.05, 0.1) is 12.5 Å². The number of ether oxygens (including phenoxy) is 1. The summed E-state index contributed by atoms with van der Waals surface area (Å²) in [7, 11) is 1.68. The number of carbonyl (C=O) groups is 2. The Morgan fingerprint density at radius 2 is 2.15 bits per heavy atom. The van der Waals surface area contributed by atoms with Gasteiger partial charge in [-0.1, -0.05) is 6.42 Å². The summed E-state index contributed by atoms with van der Waals surface area (Å²) in [6, 6.07) is -0.0570. The zero-order valence-electron chi connectivity index (χ0n) is 12.0. The molecule has 20 heavy (non-hydrogen) atoms. The van der Waals surface area contributed by atoms with Crippen LogP contribution in [0.25, 0.3) is 0 Å². The number of rotatable bonds is 4. The molecule has 0 spiro atoms. The highest BCUT2D eigenvalue weighted by Gasteiger charge is 2.31. The zero-order chi connectivity index (χ0) is 14.5. The average molecular weight is 284 g/mol. The molecule has 2 rings (SSSR count). The molecule has 3 unspecified atom stereocenters. The van der Waals surface area contributed by atoms with E-state index in [0.29, 0.717) is 18.9 Å². The van der Waals surface area contributed by atoms with Crippen molar-refractivity contribution in [2.75, 3.05) is 26.8 Å². The van der Waals surface area contributed by atoms with Crippen LogP contribution in [0.1, 0.15) is 32.1 Å². The molecule has 2 fully saturated rings. The molecule has 2 aliphatic rings. The van der Waals surface area contributed by atoms with Crippen molar-refractivity contribution >= 4 is 12.0 Å². The maximum atomic E-state index is 12.2. The van der Waals surface area contributed by atoms with Gasteiger partial charge in [0, 0.05) is 32.2 Å². The fourth-order valence-corrected chi connectivity index (χ4v) is 3.20. The first-order valence-corrected chi connectivity index (χ1v) is 7.37. The summed E-state index contributed by atoms with van der Waals surface area (Å²) in [4.78, 5) is 25.0. The second-order valence-corrected chi connectivity index (χ2v) is 5.90. The molecule has 114 valence electrons. The van der Waals surface area contributed by atoms with Crippen LogP contribution in [-0.4, -0.2) is 54.9 Å². The maximum absolute atomic E-state index is 12.2. The number of hydrogen-bond acceptors (Lipinski definition) is 3. The summed E-state index contributed by atoms with van der Waals surface area (Å²) in [5, 5.41) is 12.0. The van der Waals surface area contributed by atoms with Gasteiger partial charge in [0.2, 0.25) is 0 Å². The number of aliphatic carboxylic acids is 1. The maximum Gasteiger partial charge on any atom is 0.317 e. The lowest BCUT2D eigenvalue weighted by Gasteiger charge is -2.29. The molecule has 0 radical (unpaired) electrons. The monoisotopic (exact) mass is 284 g/mol. The van der Waals surface area contributed by atoms with Gasteiger partial charge >= 0.3 is 12.0 Å². The molecule has 3 atom stereocenters. The lowest BCUT2D eigenvalue weighted by molar-refractivity contribution is -0.143. The highest BCUT2D eigenvalue weighted by Crippen LogP contribution is 2.25. The first kappa shape index (κ1) is 15.1. The third kappa shape index (κ3) is 3.85. The van der Waals surface area contributed by atoms with E-state index in [0.717, 1.165) is 38.8 Å². The standard InChI is InChI=1S/C14H24N2O4/c1-20-9-10-5-6-16(8-10)14(19)15-12-4-2-3-11(7-12)13(17)18/h10-12H,2-9H2,1H3,(H,15,19)(H,17,18). The van der Waals surface area contributed by atoms with Gasteiger partial charge in [-0.2, -0.15) is 0 Å². The fourth-order valence-electron chi connectivity index (χ4n) is 3.20. The summed E-state index contributed by atoms with van der Waals surface area (Å²) in [6.07, 6.45) is 4.00. The van der Waals surface area contributed by atoms with Crippen LogP contribution in [0.5, 0.6) is 0 Å².